The van der Waals surface area contributed by atoms with Gasteiger partial charge in [0.2, 0.25) is 5.75 Å². The third kappa shape index (κ3) is 7.02. The number of aliphatic hydroxyl groups excluding tert-OH is 1. The van der Waals surface area contributed by atoms with Crippen molar-refractivity contribution in [2.75, 3.05) is 48.5 Å². The van der Waals surface area contributed by atoms with E-state index in [1.807, 2.05) is 35.7 Å². The molecule has 2 atom stereocenters. The van der Waals surface area contributed by atoms with Gasteiger partial charge in [-0.1, -0.05) is 24.3 Å². The lowest BCUT2D eigenvalue weighted by atomic mass is 9.84. The average Bonchev–Trinajstić information content (AvgIpc) is 3.75. The fourth-order valence-electron chi connectivity index (χ4n) is 8.32. The molecule has 0 spiro atoms. The number of fused-ring (bicyclic) bond motifs is 2. The van der Waals surface area contributed by atoms with Gasteiger partial charge >= 0.3 is 5.97 Å². The van der Waals surface area contributed by atoms with Gasteiger partial charge in [-0.2, -0.15) is 0 Å². The molecule has 0 aliphatic carbocycles. The number of nitrogens with zero attached hydrogens (tertiary/aromatic N) is 2. The van der Waals surface area contributed by atoms with E-state index in [-0.39, 0.29) is 25.3 Å². The number of methoxy groups -OCH3 is 3. The van der Waals surface area contributed by atoms with Crippen molar-refractivity contribution in [2.24, 2.45) is 0 Å². The average molecular weight is 763 g/mol. The number of carbonyl (C=O) groups is 1. The summed E-state index contributed by atoms with van der Waals surface area (Å²) in [6, 6.07) is 22.0. The number of rotatable bonds is 7. The lowest BCUT2D eigenvalue weighted by molar-refractivity contribution is 0.0473. The zero-order valence-electron chi connectivity index (χ0n) is 31.8. The molecule has 1 aromatic heterocycles. The Morgan fingerprint density at radius 3 is 2.31 bits per heavy atom. The summed E-state index contributed by atoms with van der Waals surface area (Å²) in [7, 11) is 9.11. The molecule has 4 aliphatic heterocycles. The van der Waals surface area contributed by atoms with E-state index >= 15 is 0 Å². The first kappa shape index (κ1) is 36.9. The highest BCUT2D eigenvalue weighted by atomic mass is 32.1. The molecule has 5 aromatic rings. The Kier molecular flexibility index (Phi) is 10.5. The molecule has 0 saturated heterocycles. The van der Waals surface area contributed by atoms with Crippen LogP contribution >= 0.6 is 11.3 Å². The van der Waals surface area contributed by atoms with E-state index in [9.17, 15) is 9.90 Å². The van der Waals surface area contributed by atoms with Crippen molar-refractivity contribution < 1.29 is 38.3 Å². The molecule has 11 heteroatoms. The molecule has 4 aromatic carbocycles. The summed E-state index contributed by atoms with van der Waals surface area (Å²) in [5.74, 6) is 3.50. The van der Waals surface area contributed by atoms with Gasteiger partial charge < -0.3 is 33.5 Å². The lowest BCUT2D eigenvalue weighted by Crippen LogP contribution is -2.35. The van der Waals surface area contributed by atoms with E-state index in [2.05, 4.69) is 54.2 Å². The number of esters is 1. The molecule has 9 rings (SSSR count). The standard InChI is InChI=1S/C44H46N2O8S/c1-45-16-14-28-22-29(24-47)37-23-32(28)34(45)19-26-8-11-30(12-9-26)53-38-21-27(10-13-36(38)49-3)20-35-40-31(15-17-46(35)2)33(25-52-44(48)39-7-6-18-55-39)41(50-4)43(51-5)42(40)54-37/h6-13,18,21-23,34-35,47H,14-17,19-20,24-25H2,1-5H3/t34-,35-/m0/s1. The highest BCUT2D eigenvalue weighted by molar-refractivity contribution is 7.11. The molecule has 55 heavy (non-hydrogen) atoms. The van der Waals surface area contributed by atoms with Crippen LogP contribution in [-0.4, -0.2) is 69.4 Å². The van der Waals surface area contributed by atoms with Crippen LogP contribution in [0.15, 0.2) is 72.1 Å². The van der Waals surface area contributed by atoms with Gasteiger partial charge in [0.05, 0.1) is 27.9 Å². The van der Waals surface area contributed by atoms with Crippen LogP contribution in [0.25, 0.3) is 0 Å². The van der Waals surface area contributed by atoms with Gasteiger partial charge in [0.1, 0.15) is 23.0 Å². The number of ether oxygens (including phenoxy) is 6. The van der Waals surface area contributed by atoms with Gasteiger partial charge in [-0.3, -0.25) is 9.80 Å². The van der Waals surface area contributed by atoms with E-state index in [1.165, 1.54) is 22.5 Å². The number of likely N-dealkylation sites (N-methyl/N-ethyl adjacent to an activating group) is 2. The fourth-order valence-corrected chi connectivity index (χ4v) is 8.93. The van der Waals surface area contributed by atoms with Crippen molar-refractivity contribution in [1.29, 1.82) is 0 Å². The predicted octanol–water partition coefficient (Wildman–Crippen LogP) is 8.06. The number of carbonyl (C=O) groups excluding carboxylic acids is 1. The Morgan fingerprint density at radius 2 is 1.58 bits per heavy atom. The van der Waals surface area contributed by atoms with Gasteiger partial charge in [0.15, 0.2) is 23.0 Å². The van der Waals surface area contributed by atoms with Crippen LogP contribution in [0.4, 0.5) is 0 Å². The molecule has 4 aliphatic rings. The number of benzene rings is 4. The van der Waals surface area contributed by atoms with Crippen molar-refractivity contribution in [3.8, 4) is 40.2 Å². The third-order valence-electron chi connectivity index (χ3n) is 11.2. The molecule has 1 N–H and O–H groups in total. The van der Waals surface area contributed by atoms with Crippen LogP contribution < -0.4 is 23.7 Å². The summed E-state index contributed by atoms with van der Waals surface area (Å²) in [5.41, 5.74) is 7.90. The Morgan fingerprint density at radius 1 is 0.836 bits per heavy atom. The van der Waals surface area contributed by atoms with Crippen LogP contribution in [0.3, 0.4) is 0 Å². The summed E-state index contributed by atoms with van der Waals surface area (Å²) in [5, 5.41) is 12.7. The quantitative estimate of drug-likeness (QED) is 0.164. The number of hydrogen-bond acceptors (Lipinski definition) is 11. The van der Waals surface area contributed by atoms with Crippen molar-refractivity contribution in [2.45, 2.75) is 51.0 Å². The molecular formula is C44H46N2O8S. The smallest absolute Gasteiger partial charge is 0.348 e. The van der Waals surface area contributed by atoms with Crippen LogP contribution in [0.1, 0.15) is 66.3 Å². The topological polar surface area (TPSA) is 99.2 Å². The van der Waals surface area contributed by atoms with E-state index < -0.39 is 5.97 Å². The van der Waals surface area contributed by atoms with Crippen LogP contribution in [0.2, 0.25) is 0 Å². The predicted molar refractivity (Wildman–Crippen MR) is 210 cm³/mol. The van der Waals surface area contributed by atoms with Crippen LogP contribution in [0, 0.1) is 0 Å². The Balaban J connectivity index is 1.35. The zero-order chi connectivity index (χ0) is 38.2. The van der Waals surface area contributed by atoms with Gasteiger partial charge in [0.25, 0.3) is 0 Å². The van der Waals surface area contributed by atoms with Crippen molar-refractivity contribution >= 4 is 17.3 Å². The summed E-state index contributed by atoms with van der Waals surface area (Å²) in [6.07, 6.45) is 2.88. The summed E-state index contributed by atoms with van der Waals surface area (Å²) >= 11 is 1.34. The van der Waals surface area contributed by atoms with Gasteiger partial charge in [-0.05, 0) is 115 Å². The SMILES string of the molecule is COc1ccc2cc1Oc1ccc(cc1)C[C@H]1c3cc(c(CO)cc3CCN1C)Oc1c(OC)c(OC)c(COC(=O)c3cccs3)c3c1[C@H](C2)N(C)CC3. The van der Waals surface area contributed by atoms with Crippen LogP contribution in [-0.2, 0) is 43.6 Å². The third-order valence-corrected chi connectivity index (χ3v) is 12.1. The van der Waals surface area contributed by atoms with Crippen molar-refractivity contribution in [3.05, 3.63) is 121 Å². The first-order valence-corrected chi connectivity index (χ1v) is 19.5. The normalized spacial score (nSPS) is 17.9. The molecule has 286 valence electrons. The zero-order valence-corrected chi connectivity index (χ0v) is 32.7. The molecule has 0 radical (unpaired) electrons. The molecule has 0 fully saturated rings. The van der Waals surface area contributed by atoms with Crippen LogP contribution in [0.5, 0.6) is 40.2 Å². The number of hydrogen-bond donors (Lipinski definition) is 1. The molecule has 0 unspecified atom stereocenters. The Labute approximate surface area is 325 Å². The minimum Gasteiger partial charge on any atom is -0.493 e. The Bertz CT molecular complexity index is 2200. The second kappa shape index (κ2) is 15.6. The highest BCUT2D eigenvalue weighted by Crippen LogP contribution is 2.53. The van der Waals surface area contributed by atoms with E-state index in [0.29, 0.717) is 57.8 Å². The molecular weight excluding hydrogens is 717 g/mol. The lowest BCUT2D eigenvalue weighted by Gasteiger charge is -2.38. The largest absolute Gasteiger partial charge is 0.493 e. The molecule has 0 saturated carbocycles. The first-order chi connectivity index (χ1) is 26.8. The van der Waals surface area contributed by atoms with Gasteiger partial charge in [0, 0.05) is 41.9 Å². The van der Waals surface area contributed by atoms with Crippen molar-refractivity contribution in [1.82, 2.24) is 9.80 Å². The molecule has 6 bridgehead atoms. The number of thiophene rings is 1. The first-order valence-electron chi connectivity index (χ1n) is 18.6. The van der Waals surface area contributed by atoms with Crippen molar-refractivity contribution in [3.63, 3.8) is 0 Å². The maximum atomic E-state index is 13.2. The van der Waals surface area contributed by atoms with E-state index in [0.717, 1.165) is 59.5 Å². The fraction of sp³-hybridized carbons (Fsp3) is 0.341. The van der Waals surface area contributed by atoms with Gasteiger partial charge in [-0.25, -0.2) is 4.79 Å². The highest BCUT2D eigenvalue weighted by Gasteiger charge is 2.37. The summed E-state index contributed by atoms with van der Waals surface area (Å²) in [6.45, 7) is 1.42. The van der Waals surface area contributed by atoms with E-state index in [4.69, 9.17) is 28.4 Å². The summed E-state index contributed by atoms with van der Waals surface area (Å²) in [4.78, 5) is 18.4. The van der Waals surface area contributed by atoms with Gasteiger partial charge in [-0.15, -0.1) is 11.3 Å². The maximum Gasteiger partial charge on any atom is 0.348 e. The second-order valence-corrected chi connectivity index (χ2v) is 15.3. The molecule has 0 amide bonds. The maximum absolute atomic E-state index is 13.2. The Hall–Kier alpha value is -5.07. The van der Waals surface area contributed by atoms with E-state index in [1.54, 1.807) is 27.4 Å². The molecule has 10 nitrogen and oxygen atoms in total. The number of aliphatic hydroxyl groups is 1. The minimum absolute atomic E-state index is 0.0108. The summed E-state index contributed by atoms with van der Waals surface area (Å²) < 4.78 is 37.7. The second-order valence-electron chi connectivity index (χ2n) is 14.4. The minimum atomic E-state index is -0.399. The monoisotopic (exact) mass is 762 g/mol. The molecule has 5 heterocycles.